The molecule has 82 valence electrons. The number of thiazole rings is 1. The highest BCUT2D eigenvalue weighted by Crippen LogP contribution is 2.27. The Labute approximate surface area is 107 Å². The maximum Gasteiger partial charge on any atom is 0.213 e. The Kier molecular flexibility index (Phi) is 3.28. The summed E-state index contributed by atoms with van der Waals surface area (Å²) in [4.78, 5) is 16.2. The Hall–Kier alpha value is -0.900. The number of nitrogens with zero attached hydrogens (tertiary/aromatic N) is 1. The van der Waals surface area contributed by atoms with Gasteiger partial charge in [-0.2, -0.15) is 0 Å². The number of hydrogen-bond acceptors (Lipinski definition) is 3. The summed E-state index contributed by atoms with van der Waals surface area (Å²) in [5, 5.41) is 3.22. The second-order valence-corrected chi connectivity index (χ2v) is 5.03. The van der Waals surface area contributed by atoms with Crippen molar-refractivity contribution in [3.63, 3.8) is 0 Å². The molecule has 1 aromatic heterocycles. The molecule has 0 fully saturated rings. The molecule has 0 aliphatic carbocycles. The van der Waals surface area contributed by atoms with Crippen LogP contribution in [0.5, 0.6) is 0 Å². The third kappa shape index (κ3) is 2.12. The first-order chi connectivity index (χ1) is 7.59. The minimum Gasteiger partial charge on any atom is -0.287 e. The molecule has 2 rings (SSSR count). The summed E-state index contributed by atoms with van der Waals surface area (Å²) >= 11 is 13.2. The first-order valence-corrected chi connectivity index (χ1v) is 6.14. The van der Waals surface area contributed by atoms with Gasteiger partial charge in [0.05, 0.1) is 15.1 Å². The molecular formula is C11H7Cl2NOS. The number of hydrogen-bond donors (Lipinski definition) is 0. The maximum atomic E-state index is 12.0. The number of aromatic nitrogens is 1. The summed E-state index contributed by atoms with van der Waals surface area (Å²) < 4.78 is 0. The summed E-state index contributed by atoms with van der Waals surface area (Å²) in [6.45, 7) is 1.85. The molecule has 0 N–H and O–H groups in total. The van der Waals surface area contributed by atoms with Crippen molar-refractivity contribution in [2.75, 3.05) is 0 Å². The number of aryl methyl sites for hydroxylation is 1. The smallest absolute Gasteiger partial charge is 0.213 e. The molecule has 0 radical (unpaired) electrons. The van der Waals surface area contributed by atoms with Gasteiger partial charge in [-0.25, -0.2) is 4.98 Å². The van der Waals surface area contributed by atoms with E-state index in [4.69, 9.17) is 23.2 Å². The monoisotopic (exact) mass is 271 g/mol. The van der Waals surface area contributed by atoms with Crippen LogP contribution in [0.2, 0.25) is 10.0 Å². The molecule has 0 saturated heterocycles. The Bertz CT molecular complexity index is 551. The Morgan fingerprint density at radius 2 is 2.12 bits per heavy atom. The van der Waals surface area contributed by atoms with Crippen molar-refractivity contribution in [1.29, 1.82) is 0 Å². The molecule has 5 heteroatoms. The Balaban J connectivity index is 2.45. The van der Waals surface area contributed by atoms with Gasteiger partial charge in [0.15, 0.2) is 0 Å². The predicted molar refractivity (Wildman–Crippen MR) is 66.7 cm³/mol. The van der Waals surface area contributed by atoms with Crippen molar-refractivity contribution in [3.05, 3.63) is 49.9 Å². The highest BCUT2D eigenvalue weighted by Gasteiger charge is 2.16. The summed E-state index contributed by atoms with van der Waals surface area (Å²) in [5.41, 5.74) is 0.797. The molecule has 2 aromatic rings. The number of halogens is 2. The van der Waals surface area contributed by atoms with E-state index in [-0.39, 0.29) is 10.8 Å². The van der Waals surface area contributed by atoms with Crippen molar-refractivity contribution in [2.24, 2.45) is 0 Å². The average molecular weight is 272 g/mol. The lowest BCUT2D eigenvalue weighted by molar-refractivity contribution is 0.103. The fraction of sp³-hybridized carbons (Fsp3) is 0.0909. The van der Waals surface area contributed by atoms with E-state index in [0.717, 1.165) is 5.01 Å². The topological polar surface area (TPSA) is 30.0 Å². The predicted octanol–water partition coefficient (Wildman–Crippen LogP) is 3.99. The fourth-order valence-corrected chi connectivity index (χ4v) is 2.26. The molecule has 2 nitrogen and oxygen atoms in total. The second kappa shape index (κ2) is 4.53. The molecule has 0 spiro atoms. The van der Waals surface area contributed by atoms with Gasteiger partial charge in [-0.3, -0.25) is 4.79 Å². The van der Waals surface area contributed by atoms with Gasteiger partial charge in [0, 0.05) is 10.9 Å². The molecule has 0 bridgehead atoms. The number of benzene rings is 1. The zero-order valence-electron chi connectivity index (χ0n) is 8.33. The molecule has 0 aliphatic rings. The van der Waals surface area contributed by atoms with Gasteiger partial charge in [0.1, 0.15) is 5.69 Å². The molecule has 0 aliphatic heterocycles. The highest BCUT2D eigenvalue weighted by atomic mass is 35.5. The summed E-state index contributed by atoms with van der Waals surface area (Å²) in [6, 6.07) is 4.98. The van der Waals surface area contributed by atoms with Crippen LogP contribution in [0.4, 0.5) is 0 Å². The first-order valence-electron chi connectivity index (χ1n) is 4.50. The van der Waals surface area contributed by atoms with Crippen LogP contribution in [0.15, 0.2) is 23.6 Å². The van der Waals surface area contributed by atoms with Crippen molar-refractivity contribution >= 4 is 40.3 Å². The van der Waals surface area contributed by atoms with Crippen LogP contribution in [0.1, 0.15) is 21.1 Å². The maximum absolute atomic E-state index is 12.0. The van der Waals surface area contributed by atoms with E-state index in [9.17, 15) is 4.79 Å². The Morgan fingerprint density at radius 3 is 2.75 bits per heavy atom. The average Bonchev–Trinajstić information content (AvgIpc) is 2.68. The van der Waals surface area contributed by atoms with E-state index in [1.807, 2.05) is 6.92 Å². The van der Waals surface area contributed by atoms with Gasteiger partial charge in [-0.15, -0.1) is 11.3 Å². The number of rotatable bonds is 2. The van der Waals surface area contributed by atoms with Crippen molar-refractivity contribution in [2.45, 2.75) is 6.92 Å². The van der Waals surface area contributed by atoms with Gasteiger partial charge >= 0.3 is 0 Å². The minimum absolute atomic E-state index is 0.197. The summed E-state index contributed by atoms with van der Waals surface area (Å²) in [7, 11) is 0. The SMILES string of the molecule is Cc1nc(C(=O)c2cccc(Cl)c2Cl)cs1. The lowest BCUT2D eigenvalue weighted by Gasteiger charge is -2.02. The van der Waals surface area contributed by atoms with Crippen LogP contribution in [-0.4, -0.2) is 10.8 Å². The van der Waals surface area contributed by atoms with Gasteiger partial charge in [-0.1, -0.05) is 29.3 Å². The molecule has 1 aromatic carbocycles. The van der Waals surface area contributed by atoms with Crippen LogP contribution in [0, 0.1) is 6.92 Å². The van der Waals surface area contributed by atoms with Crippen molar-refractivity contribution in [3.8, 4) is 0 Å². The molecule has 0 amide bonds. The molecule has 0 atom stereocenters. The van der Waals surface area contributed by atoms with Crippen LogP contribution in [-0.2, 0) is 0 Å². The lowest BCUT2D eigenvalue weighted by atomic mass is 10.1. The zero-order valence-corrected chi connectivity index (χ0v) is 10.7. The van der Waals surface area contributed by atoms with Crippen LogP contribution < -0.4 is 0 Å². The zero-order chi connectivity index (χ0) is 11.7. The number of ketones is 1. The van der Waals surface area contributed by atoms with Crippen molar-refractivity contribution < 1.29 is 4.79 Å². The molecule has 0 unspecified atom stereocenters. The quantitative estimate of drug-likeness (QED) is 0.774. The minimum atomic E-state index is -0.197. The van der Waals surface area contributed by atoms with E-state index < -0.39 is 0 Å². The lowest BCUT2D eigenvalue weighted by Crippen LogP contribution is -2.02. The third-order valence-corrected chi connectivity index (χ3v) is 3.64. The van der Waals surface area contributed by atoms with Gasteiger partial charge < -0.3 is 0 Å². The van der Waals surface area contributed by atoms with Gasteiger partial charge in [0.25, 0.3) is 0 Å². The van der Waals surface area contributed by atoms with Gasteiger partial charge in [0.2, 0.25) is 5.78 Å². The third-order valence-electron chi connectivity index (χ3n) is 2.05. The van der Waals surface area contributed by atoms with E-state index >= 15 is 0 Å². The van der Waals surface area contributed by atoms with E-state index in [0.29, 0.717) is 16.3 Å². The molecule has 1 heterocycles. The summed E-state index contributed by atoms with van der Waals surface area (Å²) in [6.07, 6.45) is 0. The Morgan fingerprint density at radius 1 is 1.38 bits per heavy atom. The molecule has 0 saturated carbocycles. The largest absolute Gasteiger partial charge is 0.287 e. The molecule has 16 heavy (non-hydrogen) atoms. The van der Waals surface area contributed by atoms with Crippen LogP contribution in [0.25, 0.3) is 0 Å². The first kappa shape index (κ1) is 11.6. The fourth-order valence-electron chi connectivity index (χ4n) is 1.28. The van der Waals surface area contributed by atoms with E-state index in [1.54, 1.807) is 23.6 Å². The van der Waals surface area contributed by atoms with E-state index in [2.05, 4.69) is 4.98 Å². The van der Waals surface area contributed by atoms with Crippen LogP contribution >= 0.6 is 34.5 Å². The molecular weight excluding hydrogens is 265 g/mol. The highest BCUT2D eigenvalue weighted by molar-refractivity contribution is 7.09. The van der Waals surface area contributed by atoms with Gasteiger partial charge in [-0.05, 0) is 19.1 Å². The van der Waals surface area contributed by atoms with Crippen LogP contribution in [0.3, 0.4) is 0 Å². The van der Waals surface area contributed by atoms with Crippen molar-refractivity contribution in [1.82, 2.24) is 4.98 Å². The normalized spacial score (nSPS) is 10.4. The van der Waals surface area contributed by atoms with E-state index in [1.165, 1.54) is 11.3 Å². The number of carbonyl (C=O) groups is 1. The summed E-state index contributed by atoms with van der Waals surface area (Å²) in [5.74, 6) is -0.197. The number of carbonyl (C=O) groups excluding carboxylic acids is 1. The standard InChI is InChI=1S/C11H7Cl2NOS/c1-6-14-9(5-16-6)11(15)7-3-2-4-8(12)10(7)13/h2-5H,1H3. The second-order valence-electron chi connectivity index (χ2n) is 3.18.